The molecule has 174 valence electrons. The Kier molecular flexibility index (Phi) is 6.49. The van der Waals surface area contributed by atoms with Gasteiger partial charge in [0.1, 0.15) is 5.01 Å². The SMILES string of the molecule is Cc1ccc(-c2nnc(NC(=O)c3ccc(C)c(S(=O)(=O)Nc4cccc(C)c4C)c3)s2)cc1. The third-order valence-corrected chi connectivity index (χ3v) is 7.93. The van der Waals surface area contributed by atoms with Crippen molar-refractivity contribution in [1.82, 2.24) is 10.2 Å². The smallest absolute Gasteiger partial charge is 0.262 e. The fraction of sp³-hybridized carbons (Fsp3) is 0.160. The third-order valence-electron chi connectivity index (χ3n) is 5.53. The molecule has 0 bridgehead atoms. The zero-order chi connectivity index (χ0) is 24.5. The van der Waals surface area contributed by atoms with E-state index in [0.29, 0.717) is 21.4 Å². The van der Waals surface area contributed by atoms with E-state index in [1.165, 1.54) is 17.4 Å². The molecule has 0 aliphatic heterocycles. The van der Waals surface area contributed by atoms with Gasteiger partial charge in [-0.25, -0.2) is 8.42 Å². The number of rotatable bonds is 6. The minimum atomic E-state index is -3.90. The fourth-order valence-corrected chi connectivity index (χ4v) is 5.49. The van der Waals surface area contributed by atoms with Crippen LogP contribution in [-0.2, 0) is 10.0 Å². The first-order valence-electron chi connectivity index (χ1n) is 10.6. The first-order chi connectivity index (χ1) is 16.1. The summed E-state index contributed by atoms with van der Waals surface area (Å²) >= 11 is 1.25. The average Bonchev–Trinajstić information content (AvgIpc) is 3.26. The van der Waals surface area contributed by atoms with Gasteiger partial charge in [-0.1, -0.05) is 59.4 Å². The van der Waals surface area contributed by atoms with E-state index in [2.05, 4.69) is 20.2 Å². The van der Waals surface area contributed by atoms with Crippen molar-refractivity contribution in [1.29, 1.82) is 0 Å². The highest BCUT2D eigenvalue weighted by molar-refractivity contribution is 7.92. The summed E-state index contributed by atoms with van der Waals surface area (Å²) in [7, 11) is -3.90. The van der Waals surface area contributed by atoms with Gasteiger partial charge in [-0.15, -0.1) is 10.2 Å². The van der Waals surface area contributed by atoms with Crippen molar-refractivity contribution in [2.24, 2.45) is 0 Å². The van der Waals surface area contributed by atoms with E-state index in [1.807, 2.05) is 51.1 Å². The van der Waals surface area contributed by atoms with Crippen LogP contribution in [0.15, 0.2) is 65.6 Å². The van der Waals surface area contributed by atoms with Gasteiger partial charge in [-0.2, -0.15) is 0 Å². The molecule has 1 aromatic heterocycles. The van der Waals surface area contributed by atoms with Crippen molar-refractivity contribution in [3.63, 3.8) is 0 Å². The van der Waals surface area contributed by atoms with Crippen LogP contribution in [-0.4, -0.2) is 24.5 Å². The Labute approximate surface area is 202 Å². The van der Waals surface area contributed by atoms with Gasteiger partial charge < -0.3 is 0 Å². The molecule has 1 heterocycles. The van der Waals surface area contributed by atoms with Crippen LogP contribution in [0.4, 0.5) is 10.8 Å². The standard InChI is InChI=1S/C25H24N4O3S2/c1-15-8-11-19(12-9-15)24-27-28-25(33-24)26-23(30)20-13-10-17(3)22(14-20)34(31,32)29-21-7-5-6-16(2)18(21)4/h5-14,29H,1-4H3,(H,26,28,30). The Morgan fingerprint density at radius 2 is 1.62 bits per heavy atom. The molecule has 0 saturated heterocycles. The topological polar surface area (TPSA) is 101 Å². The van der Waals surface area contributed by atoms with E-state index in [1.54, 1.807) is 31.2 Å². The monoisotopic (exact) mass is 492 g/mol. The van der Waals surface area contributed by atoms with Crippen LogP contribution in [0.1, 0.15) is 32.6 Å². The average molecular weight is 493 g/mol. The Balaban J connectivity index is 1.56. The van der Waals surface area contributed by atoms with E-state index in [0.717, 1.165) is 22.3 Å². The summed E-state index contributed by atoms with van der Waals surface area (Å²) in [5, 5.41) is 11.9. The molecule has 1 amide bonds. The van der Waals surface area contributed by atoms with Crippen molar-refractivity contribution in [2.45, 2.75) is 32.6 Å². The molecule has 2 N–H and O–H groups in total. The molecule has 4 aromatic rings. The van der Waals surface area contributed by atoms with E-state index < -0.39 is 15.9 Å². The predicted molar refractivity (Wildman–Crippen MR) is 136 cm³/mol. The first-order valence-corrected chi connectivity index (χ1v) is 12.9. The quantitative estimate of drug-likeness (QED) is 0.371. The number of hydrogen-bond donors (Lipinski definition) is 2. The van der Waals surface area contributed by atoms with Crippen LogP contribution in [0, 0.1) is 27.7 Å². The second kappa shape index (κ2) is 9.36. The normalized spacial score (nSPS) is 11.3. The number of nitrogens with zero attached hydrogens (tertiary/aromatic N) is 2. The van der Waals surface area contributed by atoms with Gasteiger partial charge in [-0.05, 0) is 62.6 Å². The molecule has 34 heavy (non-hydrogen) atoms. The number of carbonyl (C=O) groups is 1. The Bertz CT molecular complexity index is 1480. The highest BCUT2D eigenvalue weighted by atomic mass is 32.2. The Hall–Kier alpha value is -3.56. The molecular formula is C25H24N4O3S2. The largest absolute Gasteiger partial charge is 0.296 e. The molecule has 0 aliphatic carbocycles. The van der Waals surface area contributed by atoms with Crippen molar-refractivity contribution in [3.05, 3.63) is 88.5 Å². The maximum absolute atomic E-state index is 13.1. The lowest BCUT2D eigenvalue weighted by atomic mass is 10.1. The van der Waals surface area contributed by atoms with Crippen LogP contribution < -0.4 is 10.0 Å². The number of amides is 1. The van der Waals surface area contributed by atoms with Gasteiger partial charge in [0.15, 0.2) is 0 Å². The van der Waals surface area contributed by atoms with Crippen LogP contribution in [0.25, 0.3) is 10.6 Å². The van der Waals surface area contributed by atoms with Gasteiger partial charge in [0.2, 0.25) is 5.13 Å². The van der Waals surface area contributed by atoms with E-state index in [-0.39, 0.29) is 10.5 Å². The third kappa shape index (κ3) is 5.00. The summed E-state index contributed by atoms with van der Waals surface area (Å²) in [6, 6.07) is 17.9. The lowest BCUT2D eigenvalue weighted by Crippen LogP contribution is -2.17. The zero-order valence-electron chi connectivity index (χ0n) is 19.2. The van der Waals surface area contributed by atoms with Crippen LogP contribution in [0.5, 0.6) is 0 Å². The number of nitrogens with one attached hydrogen (secondary N) is 2. The minimum Gasteiger partial charge on any atom is -0.296 e. The molecule has 0 aliphatic rings. The number of benzene rings is 3. The minimum absolute atomic E-state index is 0.0404. The maximum atomic E-state index is 13.1. The van der Waals surface area contributed by atoms with E-state index in [9.17, 15) is 13.2 Å². The molecule has 9 heteroatoms. The molecule has 4 rings (SSSR count). The van der Waals surface area contributed by atoms with Gasteiger partial charge in [-0.3, -0.25) is 14.8 Å². The van der Waals surface area contributed by atoms with Crippen LogP contribution in [0.2, 0.25) is 0 Å². The summed E-state index contributed by atoms with van der Waals surface area (Å²) in [5.41, 5.74) is 5.12. The first kappa shape index (κ1) is 23.6. The number of aryl methyl sites for hydroxylation is 3. The summed E-state index contributed by atoms with van der Waals surface area (Å²) in [6.07, 6.45) is 0. The molecule has 0 unspecified atom stereocenters. The molecule has 0 atom stereocenters. The summed E-state index contributed by atoms with van der Waals surface area (Å²) in [4.78, 5) is 12.9. The summed E-state index contributed by atoms with van der Waals surface area (Å²) in [5.74, 6) is -0.463. The zero-order valence-corrected chi connectivity index (χ0v) is 20.8. The molecule has 0 radical (unpaired) electrons. The van der Waals surface area contributed by atoms with E-state index in [4.69, 9.17) is 0 Å². The fourth-order valence-electron chi connectivity index (χ4n) is 3.35. The van der Waals surface area contributed by atoms with E-state index >= 15 is 0 Å². The number of aromatic nitrogens is 2. The molecule has 0 spiro atoms. The Morgan fingerprint density at radius 3 is 2.35 bits per heavy atom. The molecule has 0 fully saturated rings. The number of anilines is 2. The second-order valence-electron chi connectivity index (χ2n) is 8.07. The lowest BCUT2D eigenvalue weighted by molar-refractivity contribution is 0.102. The maximum Gasteiger partial charge on any atom is 0.262 e. The molecule has 3 aromatic carbocycles. The highest BCUT2D eigenvalue weighted by Gasteiger charge is 2.21. The summed E-state index contributed by atoms with van der Waals surface area (Å²) in [6.45, 7) is 7.47. The molecule has 7 nitrogen and oxygen atoms in total. The number of hydrogen-bond acceptors (Lipinski definition) is 6. The number of carbonyl (C=O) groups excluding carboxylic acids is 1. The van der Waals surface area contributed by atoms with Crippen molar-refractivity contribution < 1.29 is 13.2 Å². The van der Waals surface area contributed by atoms with Gasteiger partial charge in [0.05, 0.1) is 10.6 Å². The summed E-state index contributed by atoms with van der Waals surface area (Å²) < 4.78 is 28.9. The van der Waals surface area contributed by atoms with Crippen molar-refractivity contribution in [3.8, 4) is 10.6 Å². The predicted octanol–water partition coefficient (Wildman–Crippen LogP) is 5.49. The lowest BCUT2D eigenvalue weighted by Gasteiger charge is -2.14. The highest BCUT2D eigenvalue weighted by Crippen LogP contribution is 2.28. The second-order valence-corrected chi connectivity index (χ2v) is 10.7. The van der Waals surface area contributed by atoms with Crippen molar-refractivity contribution >= 4 is 38.1 Å². The van der Waals surface area contributed by atoms with Crippen molar-refractivity contribution in [2.75, 3.05) is 10.0 Å². The molecular weight excluding hydrogens is 468 g/mol. The van der Waals surface area contributed by atoms with Gasteiger partial charge in [0.25, 0.3) is 15.9 Å². The van der Waals surface area contributed by atoms with Crippen LogP contribution in [0.3, 0.4) is 0 Å². The van der Waals surface area contributed by atoms with Gasteiger partial charge in [0, 0.05) is 11.1 Å². The number of sulfonamides is 1. The molecule has 0 saturated carbocycles. The van der Waals surface area contributed by atoms with Crippen LogP contribution >= 0.6 is 11.3 Å². The van der Waals surface area contributed by atoms with Gasteiger partial charge >= 0.3 is 0 Å². The Morgan fingerprint density at radius 1 is 0.882 bits per heavy atom.